The number of nitrogens with zero attached hydrogens (tertiary/aromatic N) is 2. The molecule has 0 radical (unpaired) electrons. The zero-order valence-electron chi connectivity index (χ0n) is 18.9. The highest BCUT2D eigenvalue weighted by Crippen LogP contribution is 2.31. The fourth-order valence-corrected chi connectivity index (χ4v) is 3.63. The smallest absolute Gasteiger partial charge is 0.422 e. The summed E-state index contributed by atoms with van der Waals surface area (Å²) in [5.74, 6) is -0.731. The average molecular weight is 473 g/mol. The number of pyridine rings is 1. The molecular weight excluding hydrogens is 447 g/mol. The Morgan fingerprint density at radius 2 is 1.76 bits per heavy atom. The molecular formula is C25H26F3N3O3. The van der Waals surface area contributed by atoms with Crippen LogP contribution in [0.4, 0.5) is 30.2 Å². The summed E-state index contributed by atoms with van der Waals surface area (Å²) in [4.78, 5) is 16.3. The maximum atomic E-state index is 12.1. The van der Waals surface area contributed by atoms with E-state index in [-0.39, 0.29) is 11.3 Å². The van der Waals surface area contributed by atoms with Crippen LogP contribution in [0.15, 0.2) is 60.9 Å². The van der Waals surface area contributed by atoms with E-state index < -0.39 is 18.8 Å². The van der Waals surface area contributed by atoms with Crippen LogP contribution in [0.3, 0.4) is 0 Å². The number of hydrogen-bond acceptors (Lipinski definition) is 5. The number of aryl methyl sites for hydroxylation is 2. The van der Waals surface area contributed by atoms with Gasteiger partial charge in [0.2, 0.25) is 0 Å². The summed E-state index contributed by atoms with van der Waals surface area (Å²) >= 11 is 0. The Kier molecular flexibility index (Phi) is 7.99. The molecule has 9 heteroatoms. The maximum absolute atomic E-state index is 12.1. The van der Waals surface area contributed by atoms with Gasteiger partial charge in [0.15, 0.2) is 6.61 Å². The Hall–Kier alpha value is -3.75. The second kappa shape index (κ2) is 10.9. The molecule has 0 spiro atoms. The monoisotopic (exact) mass is 473 g/mol. The average Bonchev–Trinajstić information content (AvgIpc) is 3.30. The second-order valence-electron chi connectivity index (χ2n) is 7.74. The molecule has 0 saturated heterocycles. The molecule has 6 nitrogen and oxygen atoms in total. The number of ether oxygens (including phenoxy) is 1. The van der Waals surface area contributed by atoms with Gasteiger partial charge in [0.1, 0.15) is 5.75 Å². The quantitative estimate of drug-likeness (QED) is 0.478. The van der Waals surface area contributed by atoms with Gasteiger partial charge in [-0.2, -0.15) is 13.2 Å². The molecule has 2 aromatic carbocycles. The first kappa shape index (κ1) is 24.9. The largest absolute Gasteiger partial charge is 0.484 e. The Labute approximate surface area is 196 Å². The van der Waals surface area contributed by atoms with Crippen molar-refractivity contribution in [1.82, 2.24) is 4.98 Å². The van der Waals surface area contributed by atoms with Gasteiger partial charge >= 0.3 is 12.1 Å². The van der Waals surface area contributed by atoms with Crippen molar-refractivity contribution in [3.8, 4) is 5.75 Å². The number of nitrogens with one attached hydrogen (secondary N) is 1. The zero-order valence-corrected chi connectivity index (χ0v) is 18.9. The van der Waals surface area contributed by atoms with Crippen molar-refractivity contribution in [1.29, 1.82) is 0 Å². The van der Waals surface area contributed by atoms with Gasteiger partial charge in [-0.1, -0.05) is 6.07 Å². The number of fused-ring (bicyclic) bond motifs is 1. The lowest BCUT2D eigenvalue weighted by molar-refractivity contribution is -0.153. The Morgan fingerprint density at radius 3 is 2.38 bits per heavy atom. The number of carbonyl (C=O) groups is 1. The molecule has 1 aliphatic carbocycles. The Bertz CT molecular complexity index is 1120. The van der Waals surface area contributed by atoms with E-state index in [0.29, 0.717) is 5.69 Å². The Balaban J connectivity index is 0.000000248. The number of carboxylic acids is 1. The van der Waals surface area contributed by atoms with Crippen LogP contribution in [0.5, 0.6) is 5.75 Å². The van der Waals surface area contributed by atoms with E-state index in [1.165, 1.54) is 36.0 Å². The number of alkyl halides is 3. The van der Waals surface area contributed by atoms with Crippen molar-refractivity contribution < 1.29 is 27.8 Å². The molecule has 180 valence electrons. The second-order valence-corrected chi connectivity index (χ2v) is 7.74. The minimum atomic E-state index is -4.32. The van der Waals surface area contributed by atoms with E-state index in [0.717, 1.165) is 24.2 Å². The highest BCUT2D eigenvalue weighted by molar-refractivity contribution is 5.93. The van der Waals surface area contributed by atoms with Crippen LogP contribution < -0.4 is 15.0 Å². The van der Waals surface area contributed by atoms with Crippen LogP contribution in [-0.4, -0.2) is 42.9 Å². The van der Waals surface area contributed by atoms with Crippen LogP contribution in [0.2, 0.25) is 0 Å². The van der Waals surface area contributed by atoms with Crippen LogP contribution in [-0.2, 0) is 12.8 Å². The fourth-order valence-electron chi connectivity index (χ4n) is 3.63. The van der Waals surface area contributed by atoms with Crippen molar-refractivity contribution in [2.45, 2.75) is 25.4 Å². The summed E-state index contributed by atoms with van der Waals surface area (Å²) in [6, 6.07) is 14.5. The molecule has 0 saturated carbocycles. The standard InChI is InChI=1S/C18H18F3NO.C7H8N2O2/c1-22(16-6-5-13-3-2-4-14(13)11-16)15-7-9-17(10-8-15)23-12-18(19,20)21;1-8-6-4-9-3-2-5(6)7(10)11/h5-11H,2-4,12H2,1H3;2-4,8H,1H3,(H,10,11). The molecule has 4 rings (SSSR count). The molecule has 1 aliphatic rings. The lowest BCUT2D eigenvalue weighted by Crippen LogP contribution is -2.19. The minimum absolute atomic E-state index is 0.216. The zero-order chi connectivity index (χ0) is 24.7. The molecule has 0 atom stereocenters. The normalized spacial score (nSPS) is 12.3. The number of anilines is 3. The highest BCUT2D eigenvalue weighted by Gasteiger charge is 2.28. The summed E-state index contributed by atoms with van der Waals surface area (Å²) in [6.07, 6.45) is 2.06. The van der Waals surface area contributed by atoms with Gasteiger partial charge in [0.05, 0.1) is 17.4 Å². The first-order chi connectivity index (χ1) is 16.2. The first-order valence-corrected chi connectivity index (χ1v) is 10.7. The summed E-state index contributed by atoms with van der Waals surface area (Å²) in [6.45, 7) is -1.27. The predicted molar refractivity (Wildman–Crippen MR) is 125 cm³/mol. The molecule has 34 heavy (non-hydrogen) atoms. The minimum Gasteiger partial charge on any atom is -0.484 e. The molecule has 1 aromatic heterocycles. The van der Waals surface area contributed by atoms with Crippen molar-refractivity contribution in [2.75, 3.05) is 30.9 Å². The van der Waals surface area contributed by atoms with E-state index in [1.54, 1.807) is 31.3 Å². The van der Waals surface area contributed by atoms with E-state index in [1.807, 2.05) is 11.9 Å². The van der Waals surface area contributed by atoms with E-state index in [4.69, 9.17) is 9.84 Å². The van der Waals surface area contributed by atoms with E-state index in [2.05, 4.69) is 28.5 Å². The summed E-state index contributed by atoms with van der Waals surface area (Å²) in [5.41, 5.74) is 5.55. The molecule has 3 aromatic rings. The number of rotatable bonds is 6. The number of aromatic nitrogens is 1. The van der Waals surface area contributed by atoms with Gasteiger partial charge in [-0.25, -0.2) is 4.79 Å². The third kappa shape index (κ3) is 6.63. The molecule has 1 heterocycles. The topological polar surface area (TPSA) is 74.7 Å². The summed E-state index contributed by atoms with van der Waals surface area (Å²) in [7, 11) is 3.60. The SMILES string of the molecule is CN(c1ccc(OCC(F)(F)F)cc1)c1ccc2c(c1)CCC2.CNc1cnccc1C(=O)O. The Morgan fingerprint density at radius 1 is 1.09 bits per heavy atom. The van der Waals surface area contributed by atoms with Crippen molar-refractivity contribution in [2.24, 2.45) is 0 Å². The number of carboxylic acid groups (broad SMARTS) is 1. The third-order valence-electron chi connectivity index (χ3n) is 5.42. The lowest BCUT2D eigenvalue weighted by atomic mass is 10.1. The van der Waals surface area contributed by atoms with Crippen molar-refractivity contribution in [3.05, 3.63) is 77.6 Å². The molecule has 0 amide bonds. The molecule has 2 N–H and O–H groups in total. The van der Waals surface area contributed by atoms with Gasteiger partial charge in [-0.05, 0) is 72.9 Å². The first-order valence-electron chi connectivity index (χ1n) is 10.7. The van der Waals surface area contributed by atoms with Crippen LogP contribution >= 0.6 is 0 Å². The van der Waals surface area contributed by atoms with Gasteiger partial charge in [0, 0.05) is 31.7 Å². The summed E-state index contributed by atoms with van der Waals surface area (Å²) in [5, 5.41) is 11.4. The number of halogens is 3. The highest BCUT2D eigenvalue weighted by atomic mass is 19.4. The van der Waals surface area contributed by atoms with E-state index in [9.17, 15) is 18.0 Å². The molecule has 0 fully saturated rings. The van der Waals surface area contributed by atoms with Crippen molar-refractivity contribution >= 4 is 23.0 Å². The number of benzene rings is 2. The molecule has 0 unspecified atom stereocenters. The summed E-state index contributed by atoms with van der Waals surface area (Å²) < 4.78 is 41.2. The predicted octanol–water partition coefficient (Wildman–Crippen LogP) is 5.71. The molecule has 0 bridgehead atoms. The van der Waals surface area contributed by atoms with Crippen LogP contribution in [0.25, 0.3) is 0 Å². The van der Waals surface area contributed by atoms with Gasteiger partial charge in [-0.15, -0.1) is 0 Å². The number of hydrogen-bond donors (Lipinski definition) is 2. The van der Waals surface area contributed by atoms with Gasteiger partial charge < -0.3 is 20.1 Å². The van der Waals surface area contributed by atoms with Gasteiger partial charge in [0.25, 0.3) is 0 Å². The lowest BCUT2D eigenvalue weighted by Gasteiger charge is -2.21. The molecule has 0 aliphatic heterocycles. The van der Waals surface area contributed by atoms with Gasteiger partial charge in [-0.3, -0.25) is 4.98 Å². The van der Waals surface area contributed by atoms with Crippen LogP contribution in [0, 0.1) is 0 Å². The number of aromatic carboxylic acids is 1. The van der Waals surface area contributed by atoms with Crippen molar-refractivity contribution in [3.63, 3.8) is 0 Å². The fraction of sp³-hybridized carbons (Fsp3) is 0.280. The third-order valence-corrected chi connectivity index (χ3v) is 5.42. The van der Waals surface area contributed by atoms with E-state index >= 15 is 0 Å². The maximum Gasteiger partial charge on any atom is 0.422 e. The van der Waals surface area contributed by atoms with Crippen LogP contribution in [0.1, 0.15) is 27.9 Å².